The van der Waals surface area contributed by atoms with E-state index in [2.05, 4.69) is 36.4 Å². The third-order valence-electron chi connectivity index (χ3n) is 8.48. The second-order valence-corrected chi connectivity index (χ2v) is 18.9. The summed E-state index contributed by atoms with van der Waals surface area (Å²) in [7, 11) is 0. The van der Waals surface area contributed by atoms with Crippen LogP contribution in [0.4, 0.5) is 41.9 Å². The normalized spacial score (nSPS) is 20.4. The number of hydrogen-bond acceptors (Lipinski definition) is 11. The SMILES string of the molecule is CC(C)(C)OC(=O)NC1CC(NC(=O)OC(C)(C)C)CN(c2cc(Nc3ccccc3)cc(N3CC(NC(=O)OC(C)(C)C)CC(NC(=O)OC(C)(C)C)C3)c2)C1. The fourth-order valence-electron chi connectivity index (χ4n) is 6.66. The number of ether oxygens (including phenoxy) is 4. The van der Waals surface area contributed by atoms with Gasteiger partial charge in [-0.1, -0.05) is 18.2 Å². The van der Waals surface area contributed by atoms with Gasteiger partial charge in [-0.3, -0.25) is 0 Å². The van der Waals surface area contributed by atoms with Gasteiger partial charge in [0, 0.05) is 48.9 Å². The first-order valence-electron chi connectivity index (χ1n) is 19.7. The number of nitrogens with zero attached hydrogens (tertiary/aromatic N) is 2. The van der Waals surface area contributed by atoms with Crippen molar-refractivity contribution in [3.63, 3.8) is 0 Å². The van der Waals surface area contributed by atoms with E-state index in [0.717, 1.165) is 22.7 Å². The first kappa shape index (κ1) is 44.6. The molecule has 57 heavy (non-hydrogen) atoms. The summed E-state index contributed by atoms with van der Waals surface area (Å²) in [5.74, 6) is 0. The number of carbonyl (C=O) groups excluding carboxylic acids is 4. The van der Waals surface area contributed by atoms with Crippen molar-refractivity contribution in [1.29, 1.82) is 0 Å². The fourth-order valence-corrected chi connectivity index (χ4v) is 6.66. The highest BCUT2D eigenvalue weighted by Gasteiger charge is 2.35. The van der Waals surface area contributed by atoms with Crippen molar-refractivity contribution in [2.24, 2.45) is 0 Å². The quantitative estimate of drug-likeness (QED) is 0.168. The molecule has 316 valence electrons. The average Bonchev–Trinajstić information content (AvgIpc) is 3.01. The van der Waals surface area contributed by atoms with E-state index in [0.29, 0.717) is 39.0 Å². The smallest absolute Gasteiger partial charge is 0.407 e. The number of carbonyl (C=O) groups is 4. The molecule has 2 aromatic rings. The van der Waals surface area contributed by atoms with Crippen molar-refractivity contribution in [3.05, 3.63) is 48.5 Å². The molecule has 0 aromatic heterocycles. The van der Waals surface area contributed by atoms with Crippen molar-refractivity contribution in [3.8, 4) is 0 Å². The average molecular weight is 796 g/mol. The molecule has 2 aliphatic rings. The fraction of sp³-hybridized carbons (Fsp3) is 0.619. The zero-order valence-electron chi connectivity index (χ0n) is 35.8. The molecule has 0 spiro atoms. The summed E-state index contributed by atoms with van der Waals surface area (Å²) in [6, 6.07) is 14.3. The molecule has 0 radical (unpaired) electrons. The summed E-state index contributed by atoms with van der Waals surface area (Å²) < 4.78 is 22.4. The van der Waals surface area contributed by atoms with Crippen molar-refractivity contribution in [2.45, 2.75) is 142 Å². The molecule has 2 aliphatic heterocycles. The first-order valence-corrected chi connectivity index (χ1v) is 19.7. The Morgan fingerprint density at radius 2 is 0.772 bits per heavy atom. The van der Waals surface area contributed by atoms with E-state index in [9.17, 15) is 19.2 Å². The molecular formula is C42H65N7O8. The van der Waals surface area contributed by atoms with Crippen molar-refractivity contribution >= 4 is 47.1 Å². The predicted octanol–water partition coefficient (Wildman–Crippen LogP) is 7.42. The van der Waals surface area contributed by atoms with E-state index < -0.39 is 46.8 Å². The third kappa shape index (κ3) is 16.1. The van der Waals surface area contributed by atoms with Crippen LogP contribution in [0, 0.1) is 0 Å². The van der Waals surface area contributed by atoms with E-state index in [-0.39, 0.29) is 24.2 Å². The molecule has 15 nitrogen and oxygen atoms in total. The van der Waals surface area contributed by atoms with Crippen LogP contribution in [0.5, 0.6) is 0 Å². The molecule has 4 atom stereocenters. The van der Waals surface area contributed by atoms with Crippen LogP contribution in [0.1, 0.15) is 95.9 Å². The first-order chi connectivity index (χ1) is 26.3. The van der Waals surface area contributed by atoms with Gasteiger partial charge in [0.2, 0.25) is 0 Å². The Labute approximate surface area is 338 Å². The van der Waals surface area contributed by atoms with Crippen LogP contribution in [-0.4, -0.2) is 97.1 Å². The van der Waals surface area contributed by atoms with E-state index in [1.54, 1.807) is 83.1 Å². The maximum Gasteiger partial charge on any atom is 0.407 e. The molecule has 15 heteroatoms. The lowest BCUT2D eigenvalue weighted by molar-refractivity contribution is 0.0452. The zero-order chi connectivity index (χ0) is 42.3. The summed E-state index contributed by atoms with van der Waals surface area (Å²) in [4.78, 5) is 56.3. The van der Waals surface area contributed by atoms with Crippen molar-refractivity contribution in [2.75, 3.05) is 41.3 Å². The van der Waals surface area contributed by atoms with E-state index in [1.807, 2.05) is 48.5 Å². The maximum atomic E-state index is 13.0. The molecule has 4 unspecified atom stereocenters. The van der Waals surface area contributed by atoms with Gasteiger partial charge in [0.1, 0.15) is 22.4 Å². The summed E-state index contributed by atoms with van der Waals surface area (Å²) in [6.07, 6.45) is -1.30. The lowest BCUT2D eigenvalue weighted by Gasteiger charge is -2.42. The molecule has 4 amide bonds. The van der Waals surface area contributed by atoms with Crippen LogP contribution >= 0.6 is 0 Å². The number of alkyl carbamates (subject to hydrolysis) is 4. The topological polar surface area (TPSA) is 172 Å². The molecular weight excluding hydrogens is 731 g/mol. The minimum Gasteiger partial charge on any atom is -0.444 e. The Balaban J connectivity index is 1.72. The molecule has 2 fully saturated rings. The molecule has 2 saturated heterocycles. The third-order valence-corrected chi connectivity index (χ3v) is 8.48. The van der Waals surface area contributed by atoms with Gasteiger partial charge in [0.25, 0.3) is 0 Å². The summed E-state index contributed by atoms with van der Waals surface area (Å²) in [5, 5.41) is 15.6. The molecule has 0 saturated carbocycles. The monoisotopic (exact) mass is 795 g/mol. The van der Waals surface area contributed by atoms with Gasteiger partial charge in [0.05, 0.1) is 24.2 Å². The standard InChI is InChI=1S/C42H65N7O8/c1-39(2,3)54-35(50)44-29-18-30(45-36(51)55-40(4,5)6)24-48(23-29)33-20-28(43-27-16-14-13-15-17-27)21-34(22-33)49-25-31(46-37(52)56-41(7,8)9)19-32(26-49)47-38(53)57-42(10,11)12/h13-17,20-22,29-32,43H,18-19,23-26H2,1-12H3,(H,44,50)(H,45,51)(H,46,52)(H,47,53). The highest BCUT2D eigenvalue weighted by Crippen LogP contribution is 2.33. The van der Waals surface area contributed by atoms with E-state index in [1.165, 1.54) is 0 Å². The van der Waals surface area contributed by atoms with E-state index in [4.69, 9.17) is 18.9 Å². The van der Waals surface area contributed by atoms with Gasteiger partial charge in [-0.05, 0) is 126 Å². The number of para-hydroxylation sites is 1. The molecule has 0 bridgehead atoms. The van der Waals surface area contributed by atoms with Gasteiger partial charge in [0.15, 0.2) is 0 Å². The summed E-state index contributed by atoms with van der Waals surface area (Å²) >= 11 is 0. The Morgan fingerprint density at radius 1 is 0.474 bits per heavy atom. The highest BCUT2D eigenvalue weighted by atomic mass is 16.6. The number of nitrogens with one attached hydrogen (secondary N) is 5. The molecule has 5 N–H and O–H groups in total. The summed E-state index contributed by atoms with van der Waals surface area (Å²) in [6.45, 7) is 23.4. The van der Waals surface area contributed by atoms with Gasteiger partial charge in [-0.2, -0.15) is 0 Å². The molecule has 2 aromatic carbocycles. The highest BCUT2D eigenvalue weighted by molar-refractivity contribution is 5.75. The number of amides is 4. The van der Waals surface area contributed by atoms with Gasteiger partial charge in [-0.25, -0.2) is 19.2 Å². The lowest BCUT2D eigenvalue weighted by atomic mass is 9.98. The molecule has 2 heterocycles. The van der Waals surface area contributed by atoms with Gasteiger partial charge >= 0.3 is 24.4 Å². The number of piperidine rings is 2. The van der Waals surface area contributed by atoms with Gasteiger partial charge < -0.3 is 55.3 Å². The van der Waals surface area contributed by atoms with Crippen molar-refractivity contribution < 1.29 is 38.1 Å². The van der Waals surface area contributed by atoms with Crippen LogP contribution in [0.3, 0.4) is 0 Å². The number of benzene rings is 2. The Bertz CT molecular complexity index is 1520. The minimum absolute atomic E-state index is 0.387. The van der Waals surface area contributed by atoms with E-state index >= 15 is 0 Å². The molecule has 0 aliphatic carbocycles. The zero-order valence-corrected chi connectivity index (χ0v) is 35.8. The van der Waals surface area contributed by atoms with Crippen molar-refractivity contribution in [1.82, 2.24) is 21.3 Å². The number of rotatable bonds is 8. The number of hydrogen-bond donors (Lipinski definition) is 5. The minimum atomic E-state index is -0.695. The van der Waals surface area contributed by atoms with Crippen LogP contribution in [-0.2, 0) is 18.9 Å². The second kappa shape index (κ2) is 18.0. The lowest BCUT2D eigenvalue weighted by Crippen LogP contribution is -2.58. The van der Waals surface area contributed by atoms with Crippen LogP contribution < -0.4 is 36.4 Å². The Kier molecular flexibility index (Phi) is 14.1. The Morgan fingerprint density at radius 3 is 1.05 bits per heavy atom. The van der Waals surface area contributed by atoms with Crippen LogP contribution in [0.15, 0.2) is 48.5 Å². The van der Waals surface area contributed by atoms with Crippen LogP contribution in [0.25, 0.3) is 0 Å². The maximum absolute atomic E-state index is 13.0. The largest absolute Gasteiger partial charge is 0.444 e. The van der Waals surface area contributed by atoms with Gasteiger partial charge in [-0.15, -0.1) is 0 Å². The predicted molar refractivity (Wildman–Crippen MR) is 222 cm³/mol. The van der Waals surface area contributed by atoms with Crippen LogP contribution in [0.2, 0.25) is 0 Å². The number of anilines is 4. The second-order valence-electron chi connectivity index (χ2n) is 18.9. The Hall–Kier alpha value is -5.08. The summed E-state index contributed by atoms with van der Waals surface area (Å²) in [5.41, 5.74) is 0.513. The molecule has 4 rings (SSSR count).